The number of rotatable bonds is 11. The van der Waals surface area contributed by atoms with Crippen LogP contribution in [0.2, 0.25) is 0 Å². The molecule has 4 rings (SSSR count). The molecule has 1 aliphatic carbocycles. The summed E-state index contributed by atoms with van der Waals surface area (Å²) < 4.78 is 0. The van der Waals surface area contributed by atoms with Crippen molar-refractivity contribution in [1.82, 2.24) is 10.3 Å². The number of aliphatic hydroxyl groups is 1. The number of aliphatic hydroxyl groups excluding tert-OH is 1. The van der Waals surface area contributed by atoms with E-state index in [-0.39, 0.29) is 36.3 Å². The maximum absolute atomic E-state index is 13.7. The number of hydrogen-bond donors (Lipinski definition) is 3. The van der Waals surface area contributed by atoms with Gasteiger partial charge in [0.2, 0.25) is 5.91 Å². The molecule has 0 radical (unpaired) electrons. The van der Waals surface area contributed by atoms with Gasteiger partial charge in [-0.1, -0.05) is 72.6 Å². The van der Waals surface area contributed by atoms with Crippen molar-refractivity contribution < 1.29 is 14.7 Å². The van der Waals surface area contributed by atoms with Gasteiger partial charge in [-0.05, 0) is 48.3 Å². The van der Waals surface area contributed by atoms with Crippen LogP contribution >= 0.6 is 0 Å². The van der Waals surface area contributed by atoms with Crippen molar-refractivity contribution in [3.63, 3.8) is 0 Å². The number of benzene rings is 1. The van der Waals surface area contributed by atoms with E-state index < -0.39 is 0 Å². The SMILES string of the molecule is CCCCC(CC)CN1c2ccc(C(=O)CC3CCCC3)c3[nH]cc(c23)C[C@@H](CO)NC(=O)[C@@H]1C(C)C. The number of nitrogens with zero attached hydrogens (tertiary/aromatic N) is 1. The summed E-state index contributed by atoms with van der Waals surface area (Å²) in [5.74, 6) is 1.24. The number of amides is 1. The summed E-state index contributed by atoms with van der Waals surface area (Å²) in [6, 6.07) is 3.37. The first-order valence-corrected chi connectivity index (χ1v) is 14.7. The highest BCUT2D eigenvalue weighted by atomic mass is 16.3. The van der Waals surface area contributed by atoms with Gasteiger partial charge in [-0.15, -0.1) is 0 Å². The average molecular weight is 510 g/mol. The van der Waals surface area contributed by atoms with Crippen LogP contribution in [-0.4, -0.2) is 47.0 Å². The third kappa shape index (κ3) is 6.05. The maximum atomic E-state index is 13.7. The van der Waals surface area contributed by atoms with E-state index in [0.717, 1.165) is 66.4 Å². The first-order valence-electron chi connectivity index (χ1n) is 14.7. The van der Waals surface area contributed by atoms with Gasteiger partial charge in [-0.2, -0.15) is 0 Å². The molecule has 2 heterocycles. The van der Waals surface area contributed by atoms with Gasteiger partial charge in [0.05, 0.1) is 18.2 Å². The zero-order chi connectivity index (χ0) is 26.5. The standard InChI is InChI=1S/C31H47N3O3/c1-5-7-10-21(6-2)18-34-26-14-13-25(27(36)15-22-11-8-9-12-22)29-28(26)23(17-32-29)16-24(19-35)33-31(37)30(34)20(3)4/h13-14,17,20-22,24,30,32,35H,5-12,15-16,18-19H2,1-4H3,(H,33,37)/t21?,24-,30-/m0/s1. The molecule has 6 heteroatoms. The molecule has 0 spiro atoms. The Bertz CT molecular complexity index is 1070. The smallest absolute Gasteiger partial charge is 0.243 e. The number of nitrogens with one attached hydrogen (secondary N) is 2. The van der Waals surface area contributed by atoms with E-state index in [1.165, 1.54) is 19.3 Å². The number of aromatic nitrogens is 1. The van der Waals surface area contributed by atoms with Crippen molar-refractivity contribution in [1.29, 1.82) is 0 Å². The van der Waals surface area contributed by atoms with E-state index >= 15 is 0 Å². The Morgan fingerprint density at radius 1 is 1.19 bits per heavy atom. The molecule has 1 aromatic carbocycles. The van der Waals surface area contributed by atoms with Crippen molar-refractivity contribution in [2.24, 2.45) is 17.8 Å². The van der Waals surface area contributed by atoms with Gasteiger partial charge in [0.1, 0.15) is 6.04 Å². The van der Waals surface area contributed by atoms with E-state index in [1.807, 2.05) is 12.3 Å². The fraction of sp³-hybridized carbons (Fsp3) is 0.677. The third-order valence-corrected chi connectivity index (χ3v) is 8.72. The number of H-pyrrole nitrogens is 1. The summed E-state index contributed by atoms with van der Waals surface area (Å²) in [6.45, 7) is 9.35. The molecule has 0 bridgehead atoms. The lowest BCUT2D eigenvalue weighted by molar-refractivity contribution is -0.124. The molecule has 204 valence electrons. The Hall–Kier alpha value is -2.34. The first-order chi connectivity index (χ1) is 17.9. The second-order valence-electron chi connectivity index (χ2n) is 11.8. The van der Waals surface area contributed by atoms with E-state index in [1.54, 1.807) is 0 Å². The average Bonchev–Trinajstić information content (AvgIpc) is 3.55. The van der Waals surface area contributed by atoms with Gasteiger partial charge < -0.3 is 20.3 Å². The predicted octanol–water partition coefficient (Wildman–Crippen LogP) is 6.01. The minimum Gasteiger partial charge on any atom is -0.394 e. The van der Waals surface area contributed by atoms with Gasteiger partial charge in [-0.25, -0.2) is 0 Å². The number of carbonyl (C=O) groups excluding carboxylic acids is 2. The predicted molar refractivity (Wildman–Crippen MR) is 151 cm³/mol. The third-order valence-electron chi connectivity index (χ3n) is 8.72. The molecule has 1 saturated carbocycles. The quantitative estimate of drug-likeness (QED) is 0.324. The van der Waals surface area contributed by atoms with Crippen LogP contribution in [-0.2, 0) is 11.2 Å². The summed E-state index contributed by atoms with van der Waals surface area (Å²) >= 11 is 0. The Kier molecular flexibility index (Phi) is 9.33. The van der Waals surface area contributed by atoms with Gasteiger partial charge in [0.15, 0.2) is 5.78 Å². The number of hydrogen-bond acceptors (Lipinski definition) is 4. The lowest BCUT2D eigenvalue weighted by atomic mass is 9.92. The van der Waals surface area contributed by atoms with Crippen LogP contribution in [0, 0.1) is 17.8 Å². The second-order valence-corrected chi connectivity index (χ2v) is 11.8. The van der Waals surface area contributed by atoms with E-state index in [0.29, 0.717) is 24.7 Å². The Balaban J connectivity index is 1.83. The number of carbonyl (C=O) groups is 2. The fourth-order valence-electron chi connectivity index (χ4n) is 6.59. The number of anilines is 1. The van der Waals surface area contributed by atoms with Crippen LogP contribution in [0.25, 0.3) is 10.9 Å². The van der Waals surface area contributed by atoms with Crippen molar-refractivity contribution in [3.8, 4) is 0 Å². The lowest BCUT2D eigenvalue weighted by Crippen LogP contribution is -2.54. The molecule has 37 heavy (non-hydrogen) atoms. The monoisotopic (exact) mass is 509 g/mol. The zero-order valence-electron chi connectivity index (χ0n) is 23.3. The Labute approximate surface area is 222 Å². The van der Waals surface area contributed by atoms with E-state index in [9.17, 15) is 14.7 Å². The number of ketones is 1. The van der Waals surface area contributed by atoms with E-state index in [4.69, 9.17) is 0 Å². The molecule has 2 aliphatic rings. The minimum absolute atomic E-state index is 0.0249. The molecule has 2 aromatic rings. The van der Waals surface area contributed by atoms with Crippen LogP contribution < -0.4 is 10.2 Å². The molecular formula is C31H47N3O3. The summed E-state index contributed by atoms with van der Waals surface area (Å²) in [5.41, 5.74) is 3.73. The largest absolute Gasteiger partial charge is 0.394 e. The van der Waals surface area contributed by atoms with Crippen LogP contribution in [0.5, 0.6) is 0 Å². The Morgan fingerprint density at radius 3 is 2.59 bits per heavy atom. The molecule has 3 N–H and O–H groups in total. The van der Waals surface area contributed by atoms with E-state index in [2.05, 4.69) is 49.0 Å². The maximum Gasteiger partial charge on any atom is 0.243 e. The number of aromatic amines is 1. The fourth-order valence-corrected chi connectivity index (χ4v) is 6.59. The normalized spacial score (nSPS) is 21.7. The molecule has 1 aliphatic heterocycles. The minimum atomic E-state index is -0.361. The summed E-state index contributed by atoms with van der Waals surface area (Å²) in [6.07, 6.45) is 12.4. The Morgan fingerprint density at radius 2 is 1.95 bits per heavy atom. The summed E-state index contributed by atoms with van der Waals surface area (Å²) in [4.78, 5) is 32.9. The molecular weight excluding hydrogens is 462 g/mol. The summed E-state index contributed by atoms with van der Waals surface area (Å²) in [7, 11) is 0. The van der Waals surface area contributed by atoms with Crippen LogP contribution in [0.15, 0.2) is 18.3 Å². The highest BCUT2D eigenvalue weighted by molar-refractivity contribution is 6.11. The van der Waals surface area contributed by atoms with Crippen molar-refractivity contribution in [2.75, 3.05) is 18.1 Å². The van der Waals surface area contributed by atoms with Gasteiger partial charge >= 0.3 is 0 Å². The van der Waals surface area contributed by atoms with Gasteiger partial charge in [0, 0.05) is 35.8 Å². The topological polar surface area (TPSA) is 85.4 Å². The molecule has 3 atom stereocenters. The van der Waals surface area contributed by atoms with Crippen LogP contribution in [0.3, 0.4) is 0 Å². The second kappa shape index (κ2) is 12.5. The number of Topliss-reactive ketones (excluding diaryl/α,β-unsaturated/α-hetero) is 1. The van der Waals surface area contributed by atoms with Crippen molar-refractivity contribution in [2.45, 2.75) is 104 Å². The highest BCUT2D eigenvalue weighted by Gasteiger charge is 2.35. The summed E-state index contributed by atoms with van der Waals surface area (Å²) in [5, 5.41) is 14.3. The molecule has 1 aromatic heterocycles. The van der Waals surface area contributed by atoms with Crippen molar-refractivity contribution >= 4 is 28.3 Å². The van der Waals surface area contributed by atoms with Gasteiger partial charge in [-0.3, -0.25) is 9.59 Å². The zero-order valence-corrected chi connectivity index (χ0v) is 23.3. The lowest BCUT2D eigenvalue weighted by Gasteiger charge is -2.38. The molecule has 6 nitrogen and oxygen atoms in total. The first kappa shape index (κ1) is 27.7. The molecule has 1 fully saturated rings. The molecule has 1 amide bonds. The molecule has 0 saturated heterocycles. The van der Waals surface area contributed by atoms with Crippen molar-refractivity contribution in [3.05, 3.63) is 29.5 Å². The van der Waals surface area contributed by atoms with Gasteiger partial charge in [0.25, 0.3) is 0 Å². The number of unbranched alkanes of at least 4 members (excludes halogenated alkanes) is 1. The van der Waals surface area contributed by atoms with Crippen LogP contribution in [0.1, 0.15) is 101 Å². The molecule has 1 unspecified atom stereocenters. The highest BCUT2D eigenvalue weighted by Crippen LogP contribution is 2.38. The van der Waals surface area contributed by atoms with Crippen LogP contribution in [0.4, 0.5) is 5.69 Å².